The number of benzene rings is 1. The molecule has 3 aromatic rings. The number of aromatic nitrogens is 2. The van der Waals surface area contributed by atoms with Crippen LogP contribution in [0.25, 0.3) is 10.6 Å². The van der Waals surface area contributed by atoms with Gasteiger partial charge in [0.2, 0.25) is 0 Å². The third-order valence-electron chi connectivity index (χ3n) is 4.32. The highest BCUT2D eigenvalue weighted by Gasteiger charge is 2.25. The van der Waals surface area contributed by atoms with E-state index in [-0.39, 0.29) is 11.9 Å². The maximum Gasteiger partial charge on any atom is 0.123 e. The molecule has 0 bridgehead atoms. The number of hydrogen-bond acceptors (Lipinski definition) is 5. The Bertz CT molecular complexity index is 943. The topological polar surface area (TPSA) is 61.6 Å². The van der Waals surface area contributed by atoms with E-state index >= 15 is 0 Å². The van der Waals surface area contributed by atoms with Crippen molar-refractivity contribution in [1.82, 2.24) is 9.97 Å². The summed E-state index contributed by atoms with van der Waals surface area (Å²) in [6, 6.07) is 10.5. The first-order valence-corrected chi connectivity index (χ1v) is 8.92. The molecule has 0 aliphatic heterocycles. The molecule has 0 fully saturated rings. The summed E-state index contributed by atoms with van der Waals surface area (Å²) in [4.78, 5) is 10.1. The maximum atomic E-state index is 13.1. The maximum absolute atomic E-state index is 13.1. The molecule has 1 aliphatic rings. The zero-order valence-electron chi connectivity index (χ0n) is 13.4. The van der Waals surface area contributed by atoms with Crippen LogP contribution in [0.15, 0.2) is 42.7 Å². The van der Waals surface area contributed by atoms with Crippen LogP contribution < -0.4 is 5.32 Å². The normalized spacial score (nSPS) is 16.1. The first kappa shape index (κ1) is 15.7. The fraction of sp³-hybridized carbons (Fsp3) is 0.211. The average Bonchev–Trinajstić information content (AvgIpc) is 3.08. The van der Waals surface area contributed by atoms with E-state index in [0.717, 1.165) is 41.2 Å². The van der Waals surface area contributed by atoms with E-state index in [1.54, 1.807) is 35.9 Å². The summed E-state index contributed by atoms with van der Waals surface area (Å²) in [5.74, 6) is -0.244. The van der Waals surface area contributed by atoms with E-state index in [1.165, 1.54) is 17.0 Å². The lowest BCUT2D eigenvalue weighted by Gasteiger charge is -2.23. The summed E-state index contributed by atoms with van der Waals surface area (Å²) in [6.45, 7) is 0. The van der Waals surface area contributed by atoms with Gasteiger partial charge in [-0.1, -0.05) is 0 Å². The third kappa shape index (κ3) is 3.11. The highest BCUT2D eigenvalue weighted by molar-refractivity contribution is 7.15. The van der Waals surface area contributed by atoms with Gasteiger partial charge in [0.05, 0.1) is 23.0 Å². The molecule has 124 valence electrons. The number of aryl methyl sites for hydroxylation is 1. The van der Waals surface area contributed by atoms with Crippen LogP contribution in [-0.2, 0) is 6.42 Å². The van der Waals surface area contributed by atoms with Gasteiger partial charge in [0.15, 0.2) is 0 Å². The molecule has 0 saturated heterocycles. The Morgan fingerprint density at radius 1 is 1.24 bits per heavy atom. The van der Waals surface area contributed by atoms with Gasteiger partial charge >= 0.3 is 0 Å². The molecule has 1 aromatic carbocycles. The smallest absolute Gasteiger partial charge is 0.123 e. The first-order valence-electron chi connectivity index (χ1n) is 8.11. The zero-order valence-corrected chi connectivity index (χ0v) is 14.2. The number of halogens is 1. The van der Waals surface area contributed by atoms with Crippen molar-refractivity contribution >= 4 is 17.0 Å². The van der Waals surface area contributed by atoms with E-state index in [2.05, 4.69) is 16.4 Å². The van der Waals surface area contributed by atoms with Gasteiger partial charge in [0.25, 0.3) is 0 Å². The van der Waals surface area contributed by atoms with Crippen molar-refractivity contribution in [2.45, 2.75) is 25.3 Å². The van der Waals surface area contributed by atoms with Gasteiger partial charge in [-0.05, 0) is 49.6 Å². The molecule has 4 rings (SSSR count). The molecule has 0 radical (unpaired) electrons. The van der Waals surface area contributed by atoms with Crippen LogP contribution in [0.5, 0.6) is 0 Å². The van der Waals surface area contributed by atoms with Gasteiger partial charge in [-0.25, -0.2) is 9.37 Å². The molecule has 0 saturated carbocycles. The molecule has 2 heterocycles. The summed E-state index contributed by atoms with van der Waals surface area (Å²) < 4.78 is 13.1. The number of thiazole rings is 1. The predicted octanol–water partition coefficient (Wildman–Crippen LogP) is 4.71. The first-order chi connectivity index (χ1) is 12.2. The van der Waals surface area contributed by atoms with Crippen molar-refractivity contribution in [1.29, 1.82) is 5.26 Å². The second kappa shape index (κ2) is 6.61. The Morgan fingerprint density at radius 2 is 2.08 bits per heavy atom. The van der Waals surface area contributed by atoms with Crippen molar-refractivity contribution < 1.29 is 4.39 Å². The lowest BCUT2D eigenvalue weighted by molar-refractivity contribution is 0.594. The number of anilines is 1. The zero-order chi connectivity index (χ0) is 17.2. The molecule has 2 aromatic heterocycles. The highest BCUT2D eigenvalue weighted by atomic mass is 32.1. The Hall–Kier alpha value is -2.78. The second-order valence-electron chi connectivity index (χ2n) is 5.96. The van der Waals surface area contributed by atoms with E-state index in [4.69, 9.17) is 4.98 Å². The fourth-order valence-electron chi connectivity index (χ4n) is 3.07. The third-order valence-corrected chi connectivity index (χ3v) is 5.50. The Labute approximate surface area is 149 Å². The monoisotopic (exact) mass is 350 g/mol. The van der Waals surface area contributed by atoms with Crippen molar-refractivity contribution in [3.8, 4) is 16.6 Å². The minimum atomic E-state index is -0.244. The number of nitrogens with one attached hydrogen (secondary N) is 1. The lowest BCUT2D eigenvalue weighted by Crippen LogP contribution is -2.17. The quantitative estimate of drug-likeness (QED) is 0.743. The van der Waals surface area contributed by atoms with Crippen LogP contribution in [0.3, 0.4) is 0 Å². The van der Waals surface area contributed by atoms with Crippen LogP contribution in [0.2, 0.25) is 0 Å². The Morgan fingerprint density at radius 3 is 2.88 bits per heavy atom. The molecular weight excluding hydrogens is 335 g/mol. The molecule has 1 unspecified atom stereocenters. The second-order valence-corrected chi connectivity index (χ2v) is 7.04. The van der Waals surface area contributed by atoms with Gasteiger partial charge in [0.1, 0.15) is 16.9 Å². The Balaban J connectivity index is 1.66. The SMILES string of the molecule is N#Cc1cnccc1NC1CCCc2sc(-c3ccc(F)cc3)nc21. The standard InChI is InChI=1S/C19H15FN4S/c20-14-6-4-12(5-7-14)19-24-18-16(2-1-3-17(18)25-19)23-15-8-9-22-11-13(15)10-21/h4-9,11,16H,1-3H2,(H,22,23). The minimum absolute atomic E-state index is 0.0729. The fourth-order valence-corrected chi connectivity index (χ4v) is 4.24. The highest BCUT2D eigenvalue weighted by Crippen LogP contribution is 2.38. The number of nitrogens with zero attached hydrogens (tertiary/aromatic N) is 3. The van der Waals surface area contributed by atoms with E-state index < -0.39 is 0 Å². The molecular formula is C19H15FN4S. The van der Waals surface area contributed by atoms with Crippen LogP contribution in [0.4, 0.5) is 10.1 Å². The van der Waals surface area contributed by atoms with Crippen molar-refractivity contribution in [3.63, 3.8) is 0 Å². The van der Waals surface area contributed by atoms with E-state index in [9.17, 15) is 9.65 Å². The molecule has 25 heavy (non-hydrogen) atoms. The summed E-state index contributed by atoms with van der Waals surface area (Å²) >= 11 is 1.67. The van der Waals surface area contributed by atoms with Crippen molar-refractivity contribution in [2.24, 2.45) is 0 Å². The van der Waals surface area contributed by atoms with Crippen LogP contribution in [0.1, 0.15) is 35.0 Å². The van der Waals surface area contributed by atoms with Crippen LogP contribution in [-0.4, -0.2) is 9.97 Å². The molecule has 6 heteroatoms. The van der Waals surface area contributed by atoms with Crippen molar-refractivity contribution in [3.05, 3.63) is 64.7 Å². The average molecular weight is 350 g/mol. The van der Waals surface area contributed by atoms with Crippen LogP contribution in [0, 0.1) is 17.1 Å². The number of nitriles is 1. The van der Waals surface area contributed by atoms with E-state index in [1.807, 2.05) is 6.07 Å². The minimum Gasteiger partial charge on any atom is -0.375 e. The molecule has 1 atom stereocenters. The van der Waals surface area contributed by atoms with Gasteiger partial charge in [-0.15, -0.1) is 11.3 Å². The number of hydrogen-bond donors (Lipinski definition) is 1. The van der Waals surface area contributed by atoms with Gasteiger partial charge in [-0.3, -0.25) is 4.98 Å². The van der Waals surface area contributed by atoms with Crippen LogP contribution >= 0.6 is 11.3 Å². The summed E-state index contributed by atoms with van der Waals surface area (Å²) in [5.41, 5.74) is 3.28. The summed E-state index contributed by atoms with van der Waals surface area (Å²) in [5, 5.41) is 13.6. The van der Waals surface area contributed by atoms with E-state index in [0.29, 0.717) is 5.56 Å². The van der Waals surface area contributed by atoms with Gasteiger partial charge in [-0.2, -0.15) is 5.26 Å². The molecule has 0 spiro atoms. The number of pyridine rings is 1. The number of fused-ring (bicyclic) bond motifs is 1. The largest absolute Gasteiger partial charge is 0.375 e. The lowest BCUT2D eigenvalue weighted by atomic mass is 9.97. The summed E-state index contributed by atoms with van der Waals surface area (Å²) in [7, 11) is 0. The van der Waals surface area contributed by atoms with Gasteiger partial charge in [0, 0.05) is 22.8 Å². The van der Waals surface area contributed by atoms with Gasteiger partial charge < -0.3 is 5.32 Å². The summed E-state index contributed by atoms with van der Waals surface area (Å²) in [6.07, 6.45) is 6.29. The molecule has 4 nitrogen and oxygen atoms in total. The molecule has 1 N–H and O–H groups in total. The molecule has 0 amide bonds. The molecule has 1 aliphatic carbocycles. The predicted molar refractivity (Wildman–Crippen MR) is 95.8 cm³/mol. The number of rotatable bonds is 3. The Kier molecular flexibility index (Phi) is 4.16. The van der Waals surface area contributed by atoms with Crippen molar-refractivity contribution in [2.75, 3.05) is 5.32 Å².